The summed E-state index contributed by atoms with van der Waals surface area (Å²) in [5.74, 6) is 0. The molecule has 0 spiro atoms. The lowest BCUT2D eigenvalue weighted by molar-refractivity contribution is 0.0695. The van der Waals surface area contributed by atoms with Gasteiger partial charge in [-0.3, -0.25) is 0 Å². The Morgan fingerprint density at radius 1 is 1.00 bits per heavy atom. The minimum Gasteiger partial charge on any atom is -0.382 e. The zero-order chi connectivity index (χ0) is 14.8. The van der Waals surface area contributed by atoms with Crippen molar-refractivity contribution in [2.24, 2.45) is 0 Å². The Morgan fingerprint density at radius 3 is 2.30 bits per heavy atom. The third-order valence-electron chi connectivity index (χ3n) is 3.22. The maximum atomic E-state index is 5.42. The maximum Gasteiger partial charge on any atom is 0.0775 e. The largest absolute Gasteiger partial charge is 0.382 e. The molecule has 1 aromatic rings. The van der Waals surface area contributed by atoms with Crippen LogP contribution in [0, 0.1) is 0 Å². The van der Waals surface area contributed by atoms with Crippen LogP contribution in [0.15, 0.2) is 24.3 Å². The fourth-order valence-corrected chi connectivity index (χ4v) is 3.07. The molecule has 1 N–H and O–H groups in total. The average molecular weight is 295 g/mol. The van der Waals surface area contributed by atoms with Crippen LogP contribution in [0.3, 0.4) is 0 Å². The molecule has 4 heteroatoms. The first-order valence-corrected chi connectivity index (χ1v) is 10.9. The second kappa shape index (κ2) is 9.29. The molecule has 0 aromatic heterocycles. The van der Waals surface area contributed by atoms with Crippen molar-refractivity contribution in [3.63, 3.8) is 0 Å². The summed E-state index contributed by atoms with van der Waals surface area (Å²) < 4.78 is 10.3. The van der Waals surface area contributed by atoms with Crippen LogP contribution < -0.4 is 10.5 Å². The minimum atomic E-state index is -1.16. The first-order valence-electron chi connectivity index (χ1n) is 7.41. The van der Waals surface area contributed by atoms with Gasteiger partial charge in [-0.25, -0.2) is 0 Å². The van der Waals surface area contributed by atoms with Gasteiger partial charge in [-0.05, 0) is 18.5 Å². The Hall–Kier alpha value is -0.683. The van der Waals surface area contributed by atoms with Gasteiger partial charge in [0.25, 0.3) is 0 Å². The molecule has 0 saturated heterocycles. The van der Waals surface area contributed by atoms with Gasteiger partial charge >= 0.3 is 0 Å². The second-order valence-electron chi connectivity index (χ2n) is 6.08. The normalized spacial score (nSPS) is 11.8. The summed E-state index contributed by atoms with van der Waals surface area (Å²) in [5, 5.41) is 4.97. The van der Waals surface area contributed by atoms with Crippen molar-refractivity contribution in [2.45, 2.75) is 32.6 Å². The van der Waals surface area contributed by atoms with Crippen LogP contribution in [0.5, 0.6) is 0 Å². The predicted octanol–water partition coefficient (Wildman–Crippen LogP) is 2.37. The minimum absolute atomic E-state index is 0.677. The third-order valence-corrected chi connectivity index (χ3v) is 5.29. The molecule has 0 aliphatic heterocycles. The molecule has 0 unspecified atom stereocenters. The molecule has 3 nitrogen and oxygen atoms in total. The number of ether oxygens (including phenoxy) is 2. The Morgan fingerprint density at radius 2 is 1.70 bits per heavy atom. The van der Waals surface area contributed by atoms with E-state index in [1.807, 2.05) is 0 Å². The first kappa shape index (κ1) is 17.4. The van der Waals surface area contributed by atoms with Crippen molar-refractivity contribution < 1.29 is 9.47 Å². The third kappa shape index (κ3) is 7.19. The van der Waals surface area contributed by atoms with Crippen molar-refractivity contribution in [1.82, 2.24) is 5.32 Å². The number of methoxy groups -OCH3 is 1. The van der Waals surface area contributed by atoms with Gasteiger partial charge in [0.1, 0.15) is 0 Å². The fraction of sp³-hybridized carbons (Fsp3) is 0.625. The molecule has 0 amide bonds. The van der Waals surface area contributed by atoms with Crippen LogP contribution in [0.25, 0.3) is 0 Å². The highest BCUT2D eigenvalue weighted by atomic mass is 28.3. The van der Waals surface area contributed by atoms with E-state index in [1.165, 1.54) is 10.8 Å². The van der Waals surface area contributed by atoms with Crippen LogP contribution in [0.1, 0.15) is 12.0 Å². The molecule has 20 heavy (non-hydrogen) atoms. The molecule has 0 bridgehead atoms. The second-order valence-corrected chi connectivity index (χ2v) is 11.2. The van der Waals surface area contributed by atoms with Crippen molar-refractivity contribution >= 4 is 13.3 Å². The highest BCUT2D eigenvalue weighted by molar-refractivity contribution is 6.88. The smallest absolute Gasteiger partial charge is 0.0775 e. The number of rotatable bonds is 10. The van der Waals surface area contributed by atoms with Gasteiger partial charge in [0.05, 0.1) is 21.3 Å². The highest BCUT2D eigenvalue weighted by Gasteiger charge is 2.15. The topological polar surface area (TPSA) is 30.5 Å². The van der Waals surface area contributed by atoms with E-state index < -0.39 is 8.07 Å². The molecular formula is C16H29NO2Si. The predicted molar refractivity (Wildman–Crippen MR) is 88.4 cm³/mol. The van der Waals surface area contributed by atoms with Crippen LogP contribution in [0.2, 0.25) is 19.6 Å². The molecule has 1 rings (SSSR count). The average Bonchev–Trinajstić information content (AvgIpc) is 2.41. The van der Waals surface area contributed by atoms with Gasteiger partial charge in [0.15, 0.2) is 0 Å². The molecule has 0 heterocycles. The van der Waals surface area contributed by atoms with E-state index in [0.717, 1.165) is 26.1 Å². The van der Waals surface area contributed by atoms with Crippen LogP contribution in [0.4, 0.5) is 0 Å². The summed E-state index contributed by atoms with van der Waals surface area (Å²) in [5.41, 5.74) is 1.35. The summed E-state index contributed by atoms with van der Waals surface area (Å²) in [7, 11) is 0.529. The molecular weight excluding hydrogens is 266 g/mol. The Balaban J connectivity index is 2.13. The summed E-state index contributed by atoms with van der Waals surface area (Å²) in [6, 6.07) is 9.07. The molecule has 0 atom stereocenters. The van der Waals surface area contributed by atoms with E-state index in [9.17, 15) is 0 Å². The standard InChI is InChI=1S/C16H29NO2Si/c1-18-12-13-19-11-5-10-17-14-15-6-8-16(9-7-15)20(2,3)4/h6-9,17H,5,10-14H2,1-4H3. The van der Waals surface area contributed by atoms with E-state index in [-0.39, 0.29) is 0 Å². The van der Waals surface area contributed by atoms with E-state index in [1.54, 1.807) is 7.11 Å². The fourth-order valence-electron chi connectivity index (χ4n) is 1.90. The number of hydrogen-bond acceptors (Lipinski definition) is 3. The Kier molecular flexibility index (Phi) is 8.07. The molecule has 0 fully saturated rings. The van der Waals surface area contributed by atoms with E-state index in [4.69, 9.17) is 9.47 Å². The van der Waals surface area contributed by atoms with Crippen molar-refractivity contribution in [2.75, 3.05) is 33.5 Å². The van der Waals surface area contributed by atoms with Gasteiger partial charge in [-0.15, -0.1) is 0 Å². The van der Waals surface area contributed by atoms with E-state index >= 15 is 0 Å². The number of nitrogens with one attached hydrogen (secondary N) is 1. The lowest BCUT2D eigenvalue weighted by Gasteiger charge is -2.16. The number of benzene rings is 1. The SMILES string of the molecule is COCCOCCCNCc1ccc([Si](C)(C)C)cc1. The zero-order valence-electron chi connectivity index (χ0n) is 13.4. The monoisotopic (exact) mass is 295 g/mol. The summed E-state index contributed by atoms with van der Waals surface area (Å²) in [4.78, 5) is 0. The first-order chi connectivity index (χ1) is 9.54. The van der Waals surface area contributed by atoms with Crippen LogP contribution in [-0.2, 0) is 16.0 Å². The van der Waals surface area contributed by atoms with Gasteiger partial charge in [-0.1, -0.05) is 49.1 Å². The molecule has 114 valence electrons. The lowest BCUT2D eigenvalue weighted by atomic mass is 10.2. The molecule has 0 aliphatic carbocycles. The van der Waals surface area contributed by atoms with Gasteiger partial charge in [0.2, 0.25) is 0 Å². The van der Waals surface area contributed by atoms with Crippen LogP contribution in [-0.4, -0.2) is 41.5 Å². The van der Waals surface area contributed by atoms with Crippen molar-refractivity contribution in [1.29, 1.82) is 0 Å². The van der Waals surface area contributed by atoms with Crippen LogP contribution >= 0.6 is 0 Å². The van der Waals surface area contributed by atoms with Crippen molar-refractivity contribution in [3.05, 3.63) is 29.8 Å². The molecule has 1 aromatic carbocycles. The van der Waals surface area contributed by atoms with E-state index in [2.05, 4.69) is 49.2 Å². The lowest BCUT2D eigenvalue weighted by Crippen LogP contribution is -2.37. The maximum absolute atomic E-state index is 5.42. The summed E-state index contributed by atoms with van der Waals surface area (Å²) >= 11 is 0. The number of hydrogen-bond donors (Lipinski definition) is 1. The molecule has 0 aliphatic rings. The van der Waals surface area contributed by atoms with Gasteiger partial charge in [-0.2, -0.15) is 0 Å². The summed E-state index contributed by atoms with van der Waals surface area (Å²) in [6.45, 7) is 11.2. The Labute approximate surface area is 124 Å². The zero-order valence-corrected chi connectivity index (χ0v) is 14.4. The molecule has 0 radical (unpaired) electrons. The quantitative estimate of drug-likeness (QED) is 0.531. The molecule has 0 saturated carbocycles. The van der Waals surface area contributed by atoms with Crippen molar-refractivity contribution in [3.8, 4) is 0 Å². The summed E-state index contributed by atoms with van der Waals surface area (Å²) in [6.07, 6.45) is 1.04. The van der Waals surface area contributed by atoms with E-state index in [0.29, 0.717) is 13.2 Å². The van der Waals surface area contributed by atoms with Gasteiger partial charge < -0.3 is 14.8 Å². The Bertz CT molecular complexity index is 360. The highest BCUT2D eigenvalue weighted by Crippen LogP contribution is 2.04. The van der Waals surface area contributed by atoms with Gasteiger partial charge in [0, 0.05) is 20.3 Å².